The molecule has 0 bridgehead atoms. The van der Waals surface area contributed by atoms with Crippen LogP contribution >= 0.6 is 0 Å². The Bertz CT molecular complexity index is 698. The molecule has 0 spiro atoms. The van der Waals surface area contributed by atoms with E-state index in [9.17, 15) is 19.8 Å². The molecular formula is C17H25BN3O7. The molecule has 1 unspecified atom stereocenters. The van der Waals surface area contributed by atoms with E-state index < -0.39 is 12.0 Å². The highest BCUT2D eigenvalue weighted by Crippen LogP contribution is 2.33. The lowest BCUT2D eigenvalue weighted by molar-refractivity contribution is -0.123. The van der Waals surface area contributed by atoms with Crippen molar-refractivity contribution >= 4 is 19.4 Å². The van der Waals surface area contributed by atoms with Gasteiger partial charge < -0.3 is 36.1 Å². The van der Waals surface area contributed by atoms with E-state index in [1.807, 2.05) is 4.90 Å². The van der Waals surface area contributed by atoms with Crippen molar-refractivity contribution in [3.63, 3.8) is 0 Å². The third-order valence-corrected chi connectivity index (χ3v) is 4.40. The number of aliphatic hydroxyl groups excluding tert-OH is 1. The Morgan fingerprint density at radius 3 is 2.71 bits per heavy atom. The molecule has 1 aromatic rings. The van der Waals surface area contributed by atoms with Crippen molar-refractivity contribution in [3.05, 3.63) is 23.3 Å². The van der Waals surface area contributed by atoms with Crippen molar-refractivity contribution in [2.45, 2.75) is 24.9 Å². The van der Waals surface area contributed by atoms with Gasteiger partial charge in [0.2, 0.25) is 5.91 Å². The number of carboxylic acids is 1. The third-order valence-electron chi connectivity index (χ3n) is 4.40. The summed E-state index contributed by atoms with van der Waals surface area (Å²) in [5.74, 6) is -1.96. The zero-order valence-electron chi connectivity index (χ0n) is 15.4. The predicted molar refractivity (Wildman–Crippen MR) is 100 cm³/mol. The van der Waals surface area contributed by atoms with Crippen molar-refractivity contribution in [3.8, 4) is 11.5 Å². The fraction of sp³-hybridized carbons (Fsp3) is 0.529. The third kappa shape index (κ3) is 5.58. The molecule has 0 saturated carbocycles. The molecule has 7 N–H and O–H groups in total. The van der Waals surface area contributed by atoms with Gasteiger partial charge >= 0.3 is 5.97 Å². The SMILES string of the molecule is NC(CN1CC(Oc2ccc(CC[B]O)c(O)c2C(=O)O)C1)C(=O)NCCO. The predicted octanol–water partition coefficient (Wildman–Crippen LogP) is -1.84. The first-order chi connectivity index (χ1) is 13.4. The number of rotatable bonds is 11. The Balaban J connectivity index is 1.92. The van der Waals surface area contributed by atoms with E-state index in [1.165, 1.54) is 6.07 Å². The van der Waals surface area contributed by atoms with Gasteiger partial charge in [-0.15, -0.1) is 0 Å². The number of aryl methyl sites for hydroxylation is 1. The van der Waals surface area contributed by atoms with Crippen LogP contribution in [0.3, 0.4) is 0 Å². The lowest BCUT2D eigenvalue weighted by Crippen LogP contribution is -2.59. The van der Waals surface area contributed by atoms with Gasteiger partial charge in [0, 0.05) is 26.2 Å². The minimum Gasteiger partial charge on any atom is -0.507 e. The average molecular weight is 394 g/mol. The summed E-state index contributed by atoms with van der Waals surface area (Å²) in [4.78, 5) is 25.1. The monoisotopic (exact) mass is 394 g/mol. The summed E-state index contributed by atoms with van der Waals surface area (Å²) < 4.78 is 5.71. The Morgan fingerprint density at radius 2 is 2.11 bits per heavy atom. The Labute approximate surface area is 163 Å². The number of amides is 1. The summed E-state index contributed by atoms with van der Waals surface area (Å²) in [5, 5.41) is 39.6. The van der Waals surface area contributed by atoms with E-state index in [2.05, 4.69) is 5.32 Å². The number of nitrogens with zero attached hydrogens (tertiary/aromatic N) is 1. The second-order valence-electron chi connectivity index (χ2n) is 6.55. The molecule has 0 aromatic heterocycles. The van der Waals surface area contributed by atoms with Gasteiger partial charge in [-0.2, -0.15) is 0 Å². The second kappa shape index (κ2) is 10.3. The van der Waals surface area contributed by atoms with Crippen LogP contribution in [-0.2, 0) is 11.2 Å². The molecule has 1 heterocycles. The van der Waals surface area contributed by atoms with Crippen LogP contribution in [0.2, 0.25) is 6.32 Å². The van der Waals surface area contributed by atoms with Crippen LogP contribution in [0.1, 0.15) is 15.9 Å². The molecule has 1 amide bonds. The van der Waals surface area contributed by atoms with Gasteiger partial charge in [-0.05, 0) is 24.4 Å². The summed E-state index contributed by atoms with van der Waals surface area (Å²) >= 11 is 0. The zero-order chi connectivity index (χ0) is 20.7. The Kier molecular flexibility index (Phi) is 8.06. The lowest BCUT2D eigenvalue weighted by atomic mass is 9.90. The van der Waals surface area contributed by atoms with Gasteiger partial charge in [0.25, 0.3) is 7.48 Å². The molecule has 1 aliphatic heterocycles. The molecule has 0 aliphatic carbocycles. The van der Waals surface area contributed by atoms with Crippen LogP contribution in [0.15, 0.2) is 12.1 Å². The van der Waals surface area contributed by atoms with Crippen LogP contribution in [0.25, 0.3) is 0 Å². The van der Waals surface area contributed by atoms with Crippen LogP contribution < -0.4 is 15.8 Å². The first-order valence-corrected chi connectivity index (χ1v) is 8.94. The molecular weight excluding hydrogens is 369 g/mol. The second-order valence-corrected chi connectivity index (χ2v) is 6.55. The number of carbonyl (C=O) groups is 2. The van der Waals surface area contributed by atoms with E-state index in [0.717, 1.165) is 7.48 Å². The van der Waals surface area contributed by atoms with Gasteiger partial charge in [0.15, 0.2) is 0 Å². The molecule has 11 heteroatoms. The fourth-order valence-electron chi connectivity index (χ4n) is 2.94. The molecule has 10 nitrogen and oxygen atoms in total. The van der Waals surface area contributed by atoms with Gasteiger partial charge in [0.05, 0.1) is 12.6 Å². The topological polar surface area (TPSA) is 166 Å². The molecule has 1 atom stereocenters. The highest BCUT2D eigenvalue weighted by atomic mass is 16.5. The smallest absolute Gasteiger partial charge is 0.343 e. The van der Waals surface area contributed by atoms with E-state index >= 15 is 0 Å². The van der Waals surface area contributed by atoms with Gasteiger partial charge in [-0.3, -0.25) is 9.69 Å². The van der Waals surface area contributed by atoms with Crippen molar-refractivity contribution in [2.75, 3.05) is 32.8 Å². The minimum absolute atomic E-state index is 0.0661. The van der Waals surface area contributed by atoms with E-state index in [-0.39, 0.29) is 48.5 Å². The lowest BCUT2D eigenvalue weighted by Gasteiger charge is -2.40. The molecule has 28 heavy (non-hydrogen) atoms. The normalized spacial score (nSPS) is 15.5. The summed E-state index contributed by atoms with van der Waals surface area (Å²) in [5.41, 5.74) is 5.90. The number of carbonyl (C=O) groups excluding carboxylic acids is 1. The number of likely N-dealkylation sites (tertiary alicyclic amines) is 1. The van der Waals surface area contributed by atoms with Crippen LogP contribution in [0, 0.1) is 0 Å². The highest BCUT2D eigenvalue weighted by Gasteiger charge is 2.32. The number of benzene rings is 1. The minimum atomic E-state index is -1.30. The fourth-order valence-corrected chi connectivity index (χ4v) is 2.94. The number of phenols is 1. The van der Waals surface area contributed by atoms with Crippen molar-refractivity contribution < 1.29 is 34.7 Å². The number of hydrogen-bond donors (Lipinski definition) is 6. The van der Waals surface area contributed by atoms with Gasteiger partial charge in [-0.25, -0.2) is 4.79 Å². The number of carboxylic acid groups (broad SMARTS) is 1. The maximum absolute atomic E-state index is 11.7. The summed E-state index contributed by atoms with van der Waals surface area (Å²) in [6.07, 6.45) is 0.300. The molecule has 1 aromatic carbocycles. The number of aromatic hydroxyl groups is 1. The summed E-state index contributed by atoms with van der Waals surface area (Å²) in [6.45, 7) is 1.22. The largest absolute Gasteiger partial charge is 0.507 e. The molecule has 2 rings (SSSR count). The van der Waals surface area contributed by atoms with Crippen LogP contribution in [0.5, 0.6) is 11.5 Å². The number of nitrogens with two attached hydrogens (primary N) is 1. The molecule has 1 saturated heterocycles. The average Bonchev–Trinajstić information content (AvgIpc) is 2.63. The van der Waals surface area contributed by atoms with E-state index in [4.69, 9.17) is 20.6 Å². The quantitative estimate of drug-likeness (QED) is 0.237. The maximum Gasteiger partial charge on any atom is 0.343 e. The van der Waals surface area contributed by atoms with E-state index in [1.54, 1.807) is 6.07 Å². The first kappa shape index (κ1) is 22.0. The Hall–Kier alpha value is -2.34. The number of aliphatic hydroxyl groups is 1. The number of nitrogens with one attached hydrogen (secondary N) is 1. The summed E-state index contributed by atoms with van der Waals surface area (Å²) in [6, 6.07) is 2.32. The standard InChI is InChI=1S/C17H25BN3O7/c19-12(16(24)20-5-6-22)9-21-7-11(8-21)28-13-2-1-10(3-4-18-27)15(23)14(13)17(25)26/h1-2,11-12,22-23,27H,3-9,19H2,(H,20,24)(H,25,26). The van der Waals surface area contributed by atoms with E-state index in [0.29, 0.717) is 31.6 Å². The van der Waals surface area contributed by atoms with Gasteiger partial charge in [0.1, 0.15) is 23.2 Å². The zero-order valence-corrected chi connectivity index (χ0v) is 15.4. The van der Waals surface area contributed by atoms with Crippen LogP contribution in [0.4, 0.5) is 0 Å². The Morgan fingerprint density at radius 1 is 1.39 bits per heavy atom. The molecule has 1 fully saturated rings. The van der Waals surface area contributed by atoms with Gasteiger partial charge in [-0.1, -0.05) is 6.07 Å². The first-order valence-electron chi connectivity index (χ1n) is 8.94. The maximum atomic E-state index is 11.7. The number of ether oxygens (including phenoxy) is 1. The van der Waals surface area contributed by atoms with Crippen LogP contribution in [-0.4, -0.2) is 89.5 Å². The molecule has 153 valence electrons. The van der Waals surface area contributed by atoms with Crippen molar-refractivity contribution in [1.29, 1.82) is 0 Å². The number of hydrogen-bond acceptors (Lipinski definition) is 8. The van der Waals surface area contributed by atoms with Crippen molar-refractivity contribution in [2.24, 2.45) is 5.73 Å². The van der Waals surface area contributed by atoms with Crippen molar-refractivity contribution in [1.82, 2.24) is 10.2 Å². The molecule has 1 radical (unpaired) electrons. The molecule has 1 aliphatic rings. The number of aromatic carboxylic acids is 1. The summed E-state index contributed by atoms with van der Waals surface area (Å²) in [7, 11) is 0.946. The highest BCUT2D eigenvalue weighted by molar-refractivity contribution is 6.25.